The van der Waals surface area contributed by atoms with E-state index in [0.717, 1.165) is 0 Å². The van der Waals surface area contributed by atoms with Gasteiger partial charge >= 0.3 is 0 Å². The molecule has 1 aromatic rings. The third-order valence-corrected chi connectivity index (χ3v) is 5.47. The number of hydrogen-bond acceptors (Lipinski definition) is 4. The Morgan fingerprint density at radius 1 is 1.32 bits per heavy atom. The van der Waals surface area contributed by atoms with Gasteiger partial charge in [0, 0.05) is 18.7 Å². The lowest BCUT2D eigenvalue weighted by Crippen LogP contribution is -2.38. The summed E-state index contributed by atoms with van der Waals surface area (Å²) in [7, 11) is -2.45. The zero-order chi connectivity index (χ0) is 16.9. The van der Waals surface area contributed by atoms with E-state index < -0.39 is 22.5 Å². The van der Waals surface area contributed by atoms with Gasteiger partial charge in [0.05, 0.1) is 18.2 Å². The first-order chi connectivity index (χ1) is 10.2. The molecule has 2 N–H and O–H groups in total. The number of rotatable bonds is 7. The van der Waals surface area contributed by atoms with Crippen LogP contribution < -0.4 is 10.0 Å². The first-order valence-corrected chi connectivity index (χ1v) is 8.65. The molecule has 0 bridgehead atoms. The highest BCUT2D eigenvalue weighted by atomic mass is 35.5. The van der Waals surface area contributed by atoms with E-state index in [1.165, 1.54) is 7.11 Å². The number of carbonyl (C=O) groups is 1. The lowest BCUT2D eigenvalue weighted by atomic mass is 10.2. The SMILES string of the molecule is COCCNC(=O)CNS(=O)(=O)c1c(C)c(Cl)cc(C)c1Cl. The molecule has 0 aliphatic carbocycles. The Kier molecular flexibility index (Phi) is 7.08. The minimum absolute atomic E-state index is 0.0918. The highest BCUT2D eigenvalue weighted by Crippen LogP contribution is 2.33. The standard InChI is InChI=1S/C13H18Cl2N2O4S/c1-8-6-10(14)9(2)13(12(8)15)22(19,20)17-7-11(18)16-4-5-21-3/h6,17H,4-5,7H2,1-3H3,(H,16,18). The maximum Gasteiger partial charge on any atom is 0.242 e. The van der Waals surface area contributed by atoms with Crippen LogP contribution in [-0.2, 0) is 19.6 Å². The maximum atomic E-state index is 12.4. The van der Waals surface area contributed by atoms with Crippen molar-refractivity contribution in [1.29, 1.82) is 0 Å². The maximum absolute atomic E-state index is 12.4. The van der Waals surface area contributed by atoms with E-state index in [9.17, 15) is 13.2 Å². The normalized spacial score (nSPS) is 11.5. The van der Waals surface area contributed by atoms with Crippen LogP contribution in [0.4, 0.5) is 0 Å². The van der Waals surface area contributed by atoms with E-state index in [1.807, 2.05) is 0 Å². The van der Waals surface area contributed by atoms with Gasteiger partial charge in [-0.05, 0) is 31.0 Å². The first kappa shape index (κ1) is 19.2. The fraction of sp³-hybridized carbons (Fsp3) is 0.462. The summed E-state index contributed by atoms with van der Waals surface area (Å²) in [6.45, 7) is 3.46. The fourth-order valence-corrected chi connectivity index (χ4v) is 3.91. The number of sulfonamides is 1. The molecule has 0 spiro atoms. The zero-order valence-electron chi connectivity index (χ0n) is 12.5. The predicted octanol–water partition coefficient (Wildman–Crippen LogP) is 1.65. The van der Waals surface area contributed by atoms with Crippen molar-refractivity contribution in [3.63, 3.8) is 0 Å². The Bertz CT molecular complexity index is 636. The lowest BCUT2D eigenvalue weighted by molar-refractivity contribution is -0.120. The van der Waals surface area contributed by atoms with Gasteiger partial charge in [0.2, 0.25) is 15.9 Å². The summed E-state index contributed by atoms with van der Waals surface area (Å²) >= 11 is 12.1. The molecule has 0 heterocycles. The average Bonchev–Trinajstić information content (AvgIpc) is 2.43. The van der Waals surface area contributed by atoms with Gasteiger partial charge in [-0.25, -0.2) is 13.1 Å². The third kappa shape index (κ3) is 4.82. The molecule has 0 aromatic heterocycles. The molecule has 9 heteroatoms. The molecule has 0 aliphatic rings. The highest BCUT2D eigenvalue weighted by molar-refractivity contribution is 7.89. The summed E-state index contributed by atoms with van der Waals surface area (Å²) < 4.78 is 31.7. The summed E-state index contributed by atoms with van der Waals surface area (Å²) in [4.78, 5) is 11.4. The zero-order valence-corrected chi connectivity index (χ0v) is 14.8. The molecule has 1 rings (SSSR count). The van der Waals surface area contributed by atoms with Crippen LogP contribution in [0.25, 0.3) is 0 Å². The number of carbonyl (C=O) groups excluding carboxylic acids is 1. The van der Waals surface area contributed by atoms with E-state index in [-0.39, 0.29) is 9.92 Å². The molecular formula is C13H18Cl2N2O4S. The van der Waals surface area contributed by atoms with Gasteiger partial charge < -0.3 is 10.1 Å². The van der Waals surface area contributed by atoms with E-state index in [1.54, 1.807) is 19.9 Å². The van der Waals surface area contributed by atoms with Crippen LogP contribution in [0.2, 0.25) is 10.0 Å². The van der Waals surface area contributed by atoms with Crippen molar-refractivity contribution < 1.29 is 17.9 Å². The van der Waals surface area contributed by atoms with Crippen molar-refractivity contribution in [2.24, 2.45) is 0 Å². The van der Waals surface area contributed by atoms with Crippen LogP contribution in [0.1, 0.15) is 11.1 Å². The second-order valence-corrected chi connectivity index (χ2v) is 7.10. The Morgan fingerprint density at radius 3 is 2.55 bits per heavy atom. The Hall–Kier alpha value is -0.860. The van der Waals surface area contributed by atoms with Crippen LogP contribution in [0.15, 0.2) is 11.0 Å². The van der Waals surface area contributed by atoms with Gasteiger partial charge in [-0.1, -0.05) is 23.2 Å². The molecule has 0 radical (unpaired) electrons. The van der Waals surface area contributed by atoms with Gasteiger partial charge in [0.1, 0.15) is 4.90 Å². The highest BCUT2D eigenvalue weighted by Gasteiger charge is 2.24. The molecule has 1 amide bonds. The quantitative estimate of drug-likeness (QED) is 0.716. The second kappa shape index (κ2) is 8.12. The molecule has 0 saturated heterocycles. The molecule has 1 aromatic carbocycles. The molecule has 6 nitrogen and oxygen atoms in total. The number of nitrogens with one attached hydrogen (secondary N) is 2. The van der Waals surface area contributed by atoms with Crippen molar-refractivity contribution in [1.82, 2.24) is 10.0 Å². The van der Waals surface area contributed by atoms with Crippen LogP contribution in [0.5, 0.6) is 0 Å². The number of ether oxygens (including phenoxy) is 1. The van der Waals surface area contributed by atoms with Gasteiger partial charge in [-0.15, -0.1) is 0 Å². The summed E-state index contributed by atoms with van der Waals surface area (Å²) in [5.41, 5.74) is 0.881. The monoisotopic (exact) mass is 368 g/mol. The van der Waals surface area contributed by atoms with Gasteiger partial charge in [-0.3, -0.25) is 4.79 Å². The Morgan fingerprint density at radius 2 is 1.95 bits per heavy atom. The minimum atomic E-state index is -3.95. The van der Waals surface area contributed by atoms with E-state index in [0.29, 0.717) is 29.3 Å². The molecule has 22 heavy (non-hydrogen) atoms. The van der Waals surface area contributed by atoms with Crippen molar-refractivity contribution >= 4 is 39.1 Å². The summed E-state index contributed by atoms with van der Waals surface area (Å²) in [6, 6.07) is 1.59. The Labute approximate surface area is 140 Å². The molecular weight excluding hydrogens is 351 g/mol. The average molecular weight is 369 g/mol. The van der Waals surface area contributed by atoms with Crippen molar-refractivity contribution in [2.75, 3.05) is 26.8 Å². The molecule has 0 atom stereocenters. The number of halogens is 2. The van der Waals surface area contributed by atoms with Gasteiger partial charge in [-0.2, -0.15) is 0 Å². The molecule has 0 unspecified atom stereocenters. The number of benzene rings is 1. The summed E-state index contributed by atoms with van der Waals surface area (Å²) in [5, 5.41) is 2.90. The van der Waals surface area contributed by atoms with Crippen LogP contribution >= 0.6 is 23.2 Å². The number of aryl methyl sites for hydroxylation is 1. The second-order valence-electron chi connectivity index (χ2n) is 4.61. The fourth-order valence-electron chi connectivity index (χ4n) is 1.72. The summed E-state index contributed by atoms with van der Waals surface area (Å²) in [5.74, 6) is -0.465. The lowest BCUT2D eigenvalue weighted by Gasteiger charge is -2.14. The largest absolute Gasteiger partial charge is 0.383 e. The predicted molar refractivity (Wildman–Crippen MR) is 86.0 cm³/mol. The van der Waals surface area contributed by atoms with E-state index in [4.69, 9.17) is 27.9 Å². The summed E-state index contributed by atoms with van der Waals surface area (Å²) in [6.07, 6.45) is 0. The molecule has 0 aliphatic heterocycles. The number of amides is 1. The van der Waals surface area contributed by atoms with Gasteiger partial charge in [0.25, 0.3) is 0 Å². The van der Waals surface area contributed by atoms with Crippen molar-refractivity contribution in [3.05, 3.63) is 27.2 Å². The number of hydrogen-bond donors (Lipinski definition) is 2. The van der Waals surface area contributed by atoms with Crippen molar-refractivity contribution in [2.45, 2.75) is 18.7 Å². The topological polar surface area (TPSA) is 84.5 Å². The first-order valence-electron chi connectivity index (χ1n) is 6.41. The van der Waals surface area contributed by atoms with E-state index in [2.05, 4.69) is 10.0 Å². The number of methoxy groups -OCH3 is 1. The third-order valence-electron chi connectivity index (χ3n) is 2.91. The van der Waals surface area contributed by atoms with Crippen LogP contribution in [0.3, 0.4) is 0 Å². The minimum Gasteiger partial charge on any atom is -0.383 e. The van der Waals surface area contributed by atoms with E-state index >= 15 is 0 Å². The van der Waals surface area contributed by atoms with Crippen LogP contribution in [-0.4, -0.2) is 41.1 Å². The smallest absolute Gasteiger partial charge is 0.242 e. The molecule has 0 fully saturated rings. The van der Waals surface area contributed by atoms with Crippen LogP contribution in [0, 0.1) is 13.8 Å². The van der Waals surface area contributed by atoms with Gasteiger partial charge in [0.15, 0.2) is 0 Å². The molecule has 0 saturated carbocycles. The Balaban J connectivity index is 2.90. The molecule has 124 valence electrons. The van der Waals surface area contributed by atoms with Crippen molar-refractivity contribution in [3.8, 4) is 0 Å².